The zero-order valence-electron chi connectivity index (χ0n) is 83.7. The number of piperidine rings is 1. The fourth-order valence-corrected chi connectivity index (χ4v) is 13.7. The Balaban J connectivity index is 0.000000281. The summed E-state index contributed by atoms with van der Waals surface area (Å²) in [5.41, 5.74) is 9.66. The van der Waals surface area contributed by atoms with Crippen LogP contribution in [0.1, 0.15) is 287 Å². The topological polar surface area (TPSA) is 132 Å². The predicted octanol–water partition coefficient (Wildman–Crippen LogP) is 27.1. The van der Waals surface area contributed by atoms with Crippen LogP contribution < -0.4 is 33.2 Å². The molecule has 2 fully saturated rings. The molecule has 15 nitrogen and oxygen atoms in total. The van der Waals surface area contributed by atoms with Gasteiger partial charge in [0.2, 0.25) is 0 Å². The Bertz CT molecular complexity index is 4020. The minimum atomic E-state index is -0.137. The van der Waals surface area contributed by atoms with E-state index in [0.717, 1.165) is 71.2 Å². The van der Waals surface area contributed by atoms with Crippen molar-refractivity contribution in [1.82, 2.24) is 4.90 Å². The molecular formula is C110H171NO14. The first kappa shape index (κ1) is 108. The van der Waals surface area contributed by atoms with E-state index in [0.29, 0.717) is 116 Å². The van der Waals surface area contributed by atoms with Gasteiger partial charge in [-0.05, 0) is 275 Å². The average molecular weight is 1730 g/mol. The van der Waals surface area contributed by atoms with Gasteiger partial charge in [0, 0.05) is 49.9 Å². The smallest absolute Gasteiger partial charge is 0.126 e. The third-order valence-electron chi connectivity index (χ3n) is 21.2. The van der Waals surface area contributed by atoms with Crippen LogP contribution in [-0.2, 0) is 61.4 Å². The van der Waals surface area contributed by atoms with E-state index in [1.165, 1.54) is 85.0 Å². The van der Waals surface area contributed by atoms with Crippen LogP contribution >= 0.6 is 0 Å². The summed E-state index contributed by atoms with van der Waals surface area (Å²) in [5, 5.41) is 0. The molecule has 7 aromatic carbocycles. The normalized spacial score (nSPS) is 15.2. The number of benzene rings is 7. The summed E-state index contributed by atoms with van der Waals surface area (Å²) in [4.78, 5) is 2.60. The minimum Gasteiger partial charge on any atom is -0.494 e. The third kappa shape index (κ3) is 47.6. The van der Waals surface area contributed by atoms with Crippen molar-refractivity contribution in [2.24, 2.45) is 11.3 Å². The lowest BCUT2D eigenvalue weighted by Gasteiger charge is -2.43. The van der Waals surface area contributed by atoms with E-state index in [4.69, 9.17) is 66.3 Å². The standard InChI is InChI=1S/C26H38O5.C26H38O4.C23H32O2.C19H37NO.C16H26O2/c1-25(2,3)21-10-12-22(13-11-21)28-17-18-30-24-9-7-8-23(20-24)29-16-14-27-15-19-31-26(4,5)6;1-25(2,3)22-12-14-23(15-13-22)29-20-21-10-7-8-11-24(21)28-19-18-27-16-9-17-30-26(4,5)6;1-22(2,3)20-12-8-18(9-13-20)19-10-14-21(15-11-19)24-16-7-17-25-23(4,5)6;1-18(2,3)15-8-7-9-17(14-15)21-16-10-12-20(13-11-16)19(4,5)6;1-15(2,3)13-8-7-9-14(12-13)17-10-11-18-16(4,5)6/h7-13,20H,14-19H2,1-6H3;7-8,10-15H,9,16-20H2,1-6H3;8-15H,7,16-17H2,1-6H3;15-17H,7-14H2,1-6H3;7-9,12H,10-11H2,1-6H3. The van der Waals surface area contributed by atoms with Crippen LogP contribution in [0.2, 0.25) is 0 Å². The molecule has 0 amide bonds. The molecule has 0 bridgehead atoms. The number of hydrogen-bond donors (Lipinski definition) is 0. The van der Waals surface area contributed by atoms with Gasteiger partial charge < -0.3 is 66.3 Å². The van der Waals surface area contributed by atoms with Gasteiger partial charge in [0.15, 0.2) is 0 Å². The van der Waals surface area contributed by atoms with Gasteiger partial charge in [0.25, 0.3) is 0 Å². The highest BCUT2D eigenvalue weighted by Crippen LogP contribution is 2.40. The summed E-state index contributed by atoms with van der Waals surface area (Å²) >= 11 is 0. The molecule has 0 radical (unpaired) electrons. The molecule has 1 heterocycles. The second-order valence-corrected chi connectivity index (χ2v) is 43.3. The summed E-state index contributed by atoms with van der Waals surface area (Å²) in [6.07, 6.45) is 10.6. The Labute approximate surface area is 760 Å². The monoisotopic (exact) mass is 1730 g/mol. The van der Waals surface area contributed by atoms with E-state index < -0.39 is 0 Å². The molecule has 9 rings (SSSR count). The van der Waals surface area contributed by atoms with Gasteiger partial charge in [-0.1, -0.05) is 207 Å². The van der Waals surface area contributed by atoms with Crippen molar-refractivity contribution >= 4 is 0 Å². The Morgan fingerprint density at radius 1 is 0.288 bits per heavy atom. The van der Waals surface area contributed by atoms with Crippen LogP contribution in [0, 0.1) is 11.3 Å². The molecule has 2 unspecified atom stereocenters. The first-order valence-electron chi connectivity index (χ1n) is 46.5. The molecule has 0 spiro atoms. The molecule has 1 aliphatic heterocycles. The summed E-state index contributed by atoms with van der Waals surface area (Å²) < 4.78 is 81.0. The largest absolute Gasteiger partial charge is 0.494 e. The lowest BCUT2D eigenvalue weighted by atomic mass is 9.71. The van der Waals surface area contributed by atoms with E-state index >= 15 is 0 Å². The second-order valence-electron chi connectivity index (χ2n) is 43.3. The lowest BCUT2D eigenvalue weighted by molar-refractivity contribution is -0.0799. The van der Waals surface area contributed by atoms with Crippen molar-refractivity contribution in [3.8, 4) is 51.4 Å². The van der Waals surface area contributed by atoms with Gasteiger partial charge in [-0.15, -0.1) is 0 Å². The molecule has 1 saturated heterocycles. The first-order chi connectivity index (χ1) is 58.3. The molecule has 2 atom stereocenters. The Hall–Kier alpha value is -7.18. The Kier molecular flexibility index (Phi) is 45.0. The summed E-state index contributed by atoms with van der Waals surface area (Å²) in [6, 6.07) is 57.5. The van der Waals surface area contributed by atoms with Crippen LogP contribution in [0.25, 0.3) is 11.1 Å². The Morgan fingerprint density at radius 3 is 1.13 bits per heavy atom. The summed E-state index contributed by atoms with van der Waals surface area (Å²) in [5.74, 6) is 6.72. The van der Waals surface area contributed by atoms with Crippen molar-refractivity contribution in [1.29, 1.82) is 0 Å². The van der Waals surface area contributed by atoms with E-state index in [2.05, 4.69) is 244 Å². The van der Waals surface area contributed by atoms with Gasteiger partial charge in [-0.25, -0.2) is 0 Å². The molecule has 700 valence electrons. The number of likely N-dealkylation sites (tertiary alicyclic amines) is 1. The van der Waals surface area contributed by atoms with Crippen molar-refractivity contribution in [2.75, 3.05) is 106 Å². The zero-order chi connectivity index (χ0) is 92.8. The van der Waals surface area contributed by atoms with Crippen molar-refractivity contribution < 1.29 is 66.3 Å². The molecule has 0 N–H and O–H groups in total. The lowest BCUT2D eigenvalue weighted by Crippen LogP contribution is -2.48. The van der Waals surface area contributed by atoms with Gasteiger partial charge in [0.05, 0.1) is 80.9 Å². The number of ether oxygens (including phenoxy) is 14. The first-order valence-corrected chi connectivity index (χ1v) is 46.5. The molecule has 15 heteroatoms. The van der Waals surface area contributed by atoms with Crippen molar-refractivity contribution in [3.63, 3.8) is 0 Å². The number of hydrogen-bond acceptors (Lipinski definition) is 15. The molecule has 7 aromatic rings. The van der Waals surface area contributed by atoms with Crippen molar-refractivity contribution in [2.45, 2.75) is 327 Å². The number of nitrogens with zero attached hydrogens (tertiary/aromatic N) is 1. The van der Waals surface area contributed by atoms with Crippen molar-refractivity contribution in [3.05, 3.63) is 198 Å². The highest BCUT2D eigenvalue weighted by molar-refractivity contribution is 5.64. The molecule has 2 aliphatic rings. The summed E-state index contributed by atoms with van der Waals surface area (Å²) in [6.45, 7) is 76.3. The SMILES string of the molecule is CC(C)(C)C1CCCC(OC2CCN(C(C)(C)C)CC2)C1.CC(C)(C)OCCCOCCOc1ccccc1COc1ccc(C(C)(C)C)cc1.CC(C)(C)OCCCOc1ccc(-c2ccc(C(C)(C)C)cc2)cc1.CC(C)(C)OCCOCCOc1cccc(OCCOc2ccc(C(C)(C)C)cc2)c1.CC(C)(C)OCCOc1cccc(C(C)(C)C)c1. The maximum Gasteiger partial charge on any atom is 0.126 e. The number of para-hydroxylation sites is 1. The van der Waals surface area contributed by atoms with Crippen LogP contribution in [-0.4, -0.2) is 151 Å². The van der Waals surface area contributed by atoms with Crippen LogP contribution in [0.5, 0.6) is 40.2 Å². The predicted molar refractivity (Wildman–Crippen MR) is 521 cm³/mol. The highest BCUT2D eigenvalue weighted by Gasteiger charge is 2.34. The second kappa shape index (κ2) is 51.9. The van der Waals surface area contributed by atoms with Gasteiger partial charge in [-0.3, -0.25) is 4.90 Å². The number of rotatable bonds is 35. The van der Waals surface area contributed by atoms with Gasteiger partial charge in [-0.2, -0.15) is 0 Å². The molecule has 125 heavy (non-hydrogen) atoms. The Morgan fingerprint density at radius 2 is 0.656 bits per heavy atom. The molecule has 1 aliphatic carbocycles. The van der Waals surface area contributed by atoms with Crippen LogP contribution in [0.4, 0.5) is 0 Å². The van der Waals surface area contributed by atoms with E-state index in [1.54, 1.807) is 0 Å². The fraction of sp³-hybridized carbons (Fsp3) is 0.618. The average Bonchev–Trinajstić information content (AvgIpc) is 0.838. The van der Waals surface area contributed by atoms with Gasteiger partial charge in [0.1, 0.15) is 79.9 Å². The molecular weight excluding hydrogens is 1560 g/mol. The minimum absolute atomic E-state index is 0.0792. The summed E-state index contributed by atoms with van der Waals surface area (Å²) in [7, 11) is 0. The zero-order valence-corrected chi connectivity index (χ0v) is 83.7. The quantitative estimate of drug-likeness (QED) is 0.0349. The van der Waals surface area contributed by atoms with E-state index in [9.17, 15) is 0 Å². The molecule has 0 aromatic heterocycles. The maximum atomic E-state index is 6.49. The fourth-order valence-electron chi connectivity index (χ4n) is 13.7. The maximum absolute atomic E-state index is 6.49. The van der Waals surface area contributed by atoms with Crippen LogP contribution in [0.15, 0.2) is 170 Å². The van der Waals surface area contributed by atoms with Crippen LogP contribution in [0.3, 0.4) is 0 Å². The molecule has 1 saturated carbocycles. The highest BCUT2D eigenvalue weighted by atomic mass is 16.6. The van der Waals surface area contributed by atoms with E-state index in [-0.39, 0.29) is 44.1 Å². The van der Waals surface area contributed by atoms with Gasteiger partial charge >= 0.3 is 0 Å². The third-order valence-corrected chi connectivity index (χ3v) is 21.2. The van der Waals surface area contributed by atoms with E-state index in [1.807, 2.05) is 139 Å².